The highest BCUT2D eigenvalue weighted by Crippen LogP contribution is 2.43. The fourth-order valence-electron chi connectivity index (χ4n) is 4.62. The van der Waals surface area contributed by atoms with Gasteiger partial charge >= 0.3 is 6.09 Å². The molecule has 1 aromatic rings. The molecule has 0 bridgehead atoms. The second-order valence-corrected chi connectivity index (χ2v) is 18.8. The summed E-state index contributed by atoms with van der Waals surface area (Å²) in [6, 6.07) is 9.96. The van der Waals surface area contributed by atoms with Crippen LogP contribution in [0, 0.1) is 17.3 Å². The molecule has 8 heteroatoms. The van der Waals surface area contributed by atoms with E-state index in [4.69, 9.17) is 23.4 Å². The highest BCUT2D eigenvalue weighted by molar-refractivity contribution is 6.74. The van der Waals surface area contributed by atoms with E-state index in [1.54, 1.807) is 4.90 Å². The van der Waals surface area contributed by atoms with E-state index in [9.17, 15) is 4.79 Å². The van der Waals surface area contributed by atoms with Gasteiger partial charge in [-0.25, -0.2) is 4.79 Å². The molecule has 1 aliphatic heterocycles. The molecule has 1 unspecified atom stereocenters. The van der Waals surface area contributed by atoms with Crippen molar-refractivity contribution in [3.8, 4) is 11.8 Å². The van der Waals surface area contributed by atoms with Crippen LogP contribution >= 0.6 is 0 Å². The predicted octanol–water partition coefficient (Wildman–Crippen LogP) is 8.07. The van der Waals surface area contributed by atoms with Crippen molar-refractivity contribution in [2.75, 3.05) is 19.8 Å². The zero-order chi connectivity index (χ0) is 32.5. The number of ether oxygens (including phenoxy) is 4. The maximum atomic E-state index is 13.4. The molecule has 0 aromatic heterocycles. The number of hydrogen-bond acceptors (Lipinski definition) is 6. The number of benzene rings is 1. The molecule has 43 heavy (non-hydrogen) atoms. The Morgan fingerprint density at radius 1 is 1.05 bits per heavy atom. The van der Waals surface area contributed by atoms with Crippen LogP contribution < -0.4 is 0 Å². The molecule has 1 atom stereocenters. The predicted molar refractivity (Wildman–Crippen MR) is 175 cm³/mol. The van der Waals surface area contributed by atoms with Crippen molar-refractivity contribution in [2.45, 2.75) is 124 Å². The lowest BCUT2D eigenvalue weighted by Gasteiger charge is -2.46. The van der Waals surface area contributed by atoms with Gasteiger partial charge in [-0.05, 0) is 71.7 Å². The third-order valence-electron chi connectivity index (χ3n) is 8.17. The first-order valence-electron chi connectivity index (χ1n) is 15.4. The number of rotatable bonds is 12. The molecule has 1 aliphatic rings. The smallest absolute Gasteiger partial charge is 0.406 e. The Hall–Kier alpha value is -2.37. The maximum Gasteiger partial charge on any atom is 0.416 e. The number of carbonyl (C=O) groups is 1. The van der Waals surface area contributed by atoms with E-state index in [2.05, 4.69) is 58.0 Å². The van der Waals surface area contributed by atoms with Crippen molar-refractivity contribution >= 4 is 14.4 Å². The quantitative estimate of drug-likeness (QED) is 0.0781. The summed E-state index contributed by atoms with van der Waals surface area (Å²) >= 11 is 0. The summed E-state index contributed by atoms with van der Waals surface area (Å²) in [7, 11) is -2.33. The van der Waals surface area contributed by atoms with Crippen molar-refractivity contribution in [3.05, 3.63) is 54.0 Å². The van der Waals surface area contributed by atoms with E-state index >= 15 is 0 Å². The monoisotopic (exact) mass is 613 g/mol. The Bertz CT molecular complexity index is 1130. The van der Waals surface area contributed by atoms with Crippen LogP contribution in [0.4, 0.5) is 4.79 Å². The fraction of sp³-hybridized carbons (Fsp3) is 0.657. The first-order valence-corrected chi connectivity index (χ1v) is 18.3. The molecule has 2 rings (SSSR count). The topological polar surface area (TPSA) is 66.5 Å². The Kier molecular flexibility index (Phi) is 13.3. The van der Waals surface area contributed by atoms with Crippen LogP contribution in [0.2, 0.25) is 18.1 Å². The van der Waals surface area contributed by atoms with Gasteiger partial charge in [0, 0.05) is 23.9 Å². The molecular weight excluding hydrogens is 558 g/mol. The number of hydrogen-bond donors (Lipinski definition) is 0. The van der Waals surface area contributed by atoms with Gasteiger partial charge in [0.1, 0.15) is 12.7 Å². The fourth-order valence-corrected chi connectivity index (χ4v) is 5.87. The molecule has 0 saturated carbocycles. The van der Waals surface area contributed by atoms with Gasteiger partial charge in [-0.15, -0.1) is 5.92 Å². The summed E-state index contributed by atoms with van der Waals surface area (Å²) in [5.41, 5.74) is 3.51. The molecule has 0 N–H and O–H groups in total. The second-order valence-electron chi connectivity index (χ2n) is 14.1. The Morgan fingerprint density at radius 3 is 2.14 bits per heavy atom. The first kappa shape index (κ1) is 36.8. The summed E-state index contributed by atoms with van der Waals surface area (Å²) in [6.07, 6.45) is -0.0731. The van der Waals surface area contributed by atoms with Gasteiger partial charge in [0.2, 0.25) is 0 Å². The normalized spacial score (nSPS) is 17.0. The van der Waals surface area contributed by atoms with Crippen LogP contribution in [-0.2, 0) is 30.0 Å². The minimum Gasteiger partial charge on any atom is -0.406 e. The lowest BCUT2D eigenvalue weighted by molar-refractivity contribution is -0.287. The zero-order valence-electron chi connectivity index (χ0n) is 28.5. The standard InChI is InChI=1S/C35H55NO6Si/c1-13-30(41-32(37)36(27(2)3)28(4)5)31(42-43(11,12)33(6,7)8)23-35(25-39-34(9,10)40-26-35)21-17-18-22-38-24-29-19-15-14-16-20-29/h14-16,19-20,27-28,31H,1,21-26H2,2-12H3. The van der Waals surface area contributed by atoms with Crippen LogP contribution in [0.15, 0.2) is 48.4 Å². The molecule has 0 radical (unpaired) electrons. The highest BCUT2D eigenvalue weighted by Gasteiger charge is 2.46. The molecule has 7 nitrogen and oxygen atoms in total. The first-order chi connectivity index (χ1) is 19.9. The maximum absolute atomic E-state index is 13.4. The van der Waals surface area contributed by atoms with Crippen molar-refractivity contribution in [1.29, 1.82) is 0 Å². The van der Waals surface area contributed by atoms with Gasteiger partial charge in [-0.3, -0.25) is 0 Å². The van der Waals surface area contributed by atoms with Crippen LogP contribution in [0.3, 0.4) is 0 Å². The van der Waals surface area contributed by atoms with Gasteiger partial charge in [-0.1, -0.05) is 69.3 Å². The molecule has 1 amide bonds. The number of carbonyl (C=O) groups excluding carboxylic acids is 1. The third kappa shape index (κ3) is 11.2. The van der Waals surface area contributed by atoms with Gasteiger partial charge in [0.05, 0.1) is 19.8 Å². The highest BCUT2D eigenvalue weighted by atomic mass is 28.4. The average molecular weight is 614 g/mol. The van der Waals surface area contributed by atoms with Crippen molar-refractivity contribution in [2.24, 2.45) is 5.41 Å². The summed E-state index contributed by atoms with van der Waals surface area (Å²) in [6.45, 7) is 28.2. The van der Waals surface area contributed by atoms with E-state index in [0.29, 0.717) is 39.3 Å². The van der Waals surface area contributed by atoms with E-state index in [0.717, 1.165) is 5.56 Å². The molecule has 0 aliphatic carbocycles. The summed E-state index contributed by atoms with van der Waals surface area (Å²) in [5.74, 6) is 6.06. The van der Waals surface area contributed by atoms with Crippen LogP contribution in [-0.4, -0.2) is 63.1 Å². The van der Waals surface area contributed by atoms with Crippen molar-refractivity contribution < 1.29 is 28.2 Å². The SMILES string of the molecule is C=C=C(OC(=O)N(C(C)C)C(C)C)C(CC1(CC#CCOCc2ccccc2)COC(C)(C)OC1)O[Si](C)(C)C(C)(C)C. The molecule has 0 spiro atoms. The molecule has 1 saturated heterocycles. The van der Waals surface area contributed by atoms with Crippen molar-refractivity contribution in [3.63, 3.8) is 0 Å². The van der Waals surface area contributed by atoms with Crippen LogP contribution in [0.1, 0.15) is 80.7 Å². The summed E-state index contributed by atoms with van der Waals surface area (Å²) in [5, 5.41) is -0.0753. The van der Waals surface area contributed by atoms with Gasteiger partial charge in [0.15, 0.2) is 19.9 Å². The number of nitrogens with zero attached hydrogens (tertiary/aromatic N) is 1. The van der Waals surface area contributed by atoms with Gasteiger partial charge < -0.3 is 28.3 Å². The Balaban J connectivity index is 2.35. The lowest BCUT2D eigenvalue weighted by atomic mass is 9.79. The van der Waals surface area contributed by atoms with E-state index in [1.807, 2.05) is 71.9 Å². The molecular formula is C35H55NO6Si. The average Bonchev–Trinajstić information content (AvgIpc) is 2.90. The minimum atomic E-state index is -2.33. The molecule has 1 fully saturated rings. The van der Waals surface area contributed by atoms with Crippen LogP contribution in [0.25, 0.3) is 0 Å². The summed E-state index contributed by atoms with van der Waals surface area (Å²) < 4.78 is 31.1. The zero-order valence-corrected chi connectivity index (χ0v) is 29.5. The lowest BCUT2D eigenvalue weighted by Crippen LogP contribution is -2.51. The van der Waals surface area contributed by atoms with Gasteiger partial charge in [0.25, 0.3) is 0 Å². The van der Waals surface area contributed by atoms with Crippen LogP contribution in [0.5, 0.6) is 0 Å². The largest absolute Gasteiger partial charge is 0.416 e. The van der Waals surface area contributed by atoms with E-state index < -0.39 is 31.7 Å². The molecule has 1 heterocycles. The number of amides is 1. The van der Waals surface area contributed by atoms with Crippen molar-refractivity contribution in [1.82, 2.24) is 4.90 Å². The molecule has 1 aromatic carbocycles. The van der Waals surface area contributed by atoms with E-state index in [-0.39, 0.29) is 22.9 Å². The Morgan fingerprint density at radius 2 is 1.63 bits per heavy atom. The van der Waals surface area contributed by atoms with E-state index in [1.165, 1.54) is 0 Å². The minimum absolute atomic E-state index is 0.0357. The van der Waals surface area contributed by atoms with Gasteiger partial charge in [-0.2, -0.15) is 0 Å². The molecule has 240 valence electrons. The third-order valence-corrected chi connectivity index (χ3v) is 12.7. The second kappa shape index (κ2) is 15.6. The Labute approximate surface area is 262 Å². The summed E-state index contributed by atoms with van der Waals surface area (Å²) in [4.78, 5) is 15.1.